The summed E-state index contributed by atoms with van der Waals surface area (Å²) in [4.78, 5) is 4.17. The van der Waals surface area contributed by atoms with Crippen molar-refractivity contribution in [3.63, 3.8) is 0 Å². The molecule has 5 nitrogen and oxygen atoms in total. The highest BCUT2D eigenvalue weighted by Gasteiger charge is 2.51. The van der Waals surface area contributed by atoms with Crippen LogP contribution in [0.25, 0.3) is 0 Å². The molecule has 2 rings (SSSR count). The molecule has 0 amide bonds. The second-order valence-corrected chi connectivity index (χ2v) is 5.89. The summed E-state index contributed by atoms with van der Waals surface area (Å²) in [5.41, 5.74) is 6.41. The number of hydrogen-bond acceptors (Lipinski definition) is 5. The fourth-order valence-electron chi connectivity index (χ4n) is 3.22. The van der Waals surface area contributed by atoms with Gasteiger partial charge in [-0.3, -0.25) is 0 Å². The first-order valence-electron chi connectivity index (χ1n) is 6.64. The van der Waals surface area contributed by atoms with Crippen LogP contribution in [0, 0.1) is 11.3 Å². The van der Waals surface area contributed by atoms with E-state index in [0.717, 1.165) is 25.7 Å². The predicted molar refractivity (Wildman–Crippen MR) is 67.6 cm³/mol. The average Bonchev–Trinajstić information content (AvgIpc) is 2.88. The first-order valence-corrected chi connectivity index (χ1v) is 6.64. The number of nitrogens with two attached hydrogens (primary N) is 1. The Balaban J connectivity index is 2.14. The molecule has 102 valence electrons. The molecule has 0 bridgehead atoms. The topological polar surface area (TPSA) is 85.2 Å². The van der Waals surface area contributed by atoms with E-state index in [1.54, 1.807) is 0 Å². The monoisotopic (exact) mass is 253 g/mol. The van der Waals surface area contributed by atoms with Gasteiger partial charge >= 0.3 is 0 Å². The smallest absolute Gasteiger partial charge is 0.252 e. The predicted octanol–water partition coefficient (Wildman–Crippen LogP) is 1.65. The maximum Gasteiger partial charge on any atom is 0.252 e. The lowest BCUT2D eigenvalue weighted by Gasteiger charge is -2.41. The maximum absolute atomic E-state index is 8.93. The van der Waals surface area contributed by atoms with Crippen LogP contribution in [0.2, 0.25) is 0 Å². The molecule has 1 aliphatic carbocycles. The van der Waals surface area contributed by atoms with Crippen molar-refractivity contribution in [3.8, 4) is 0 Å². The Labute approximate surface area is 108 Å². The van der Waals surface area contributed by atoms with Gasteiger partial charge in [0.1, 0.15) is 6.61 Å². The maximum atomic E-state index is 8.93. The van der Waals surface area contributed by atoms with Crippen molar-refractivity contribution in [1.82, 2.24) is 10.1 Å². The van der Waals surface area contributed by atoms with Crippen molar-refractivity contribution in [2.45, 2.75) is 58.6 Å². The van der Waals surface area contributed by atoms with Crippen molar-refractivity contribution >= 4 is 0 Å². The van der Waals surface area contributed by atoms with Gasteiger partial charge < -0.3 is 15.4 Å². The van der Waals surface area contributed by atoms with Gasteiger partial charge in [-0.15, -0.1) is 0 Å². The lowest BCUT2D eigenvalue weighted by molar-refractivity contribution is 0.129. The molecular weight excluding hydrogens is 230 g/mol. The number of aliphatic hydroxyl groups is 1. The number of hydrogen-bond donors (Lipinski definition) is 2. The molecular formula is C13H23N3O2. The molecule has 0 saturated heterocycles. The standard InChI is InChI=1S/C13H23N3O2/c1-4-12(2)9(5-6-13(12,3)14)7-10-15-11(8-17)18-16-10/h9,17H,4-8,14H2,1-3H3/t9-,12?,13-/m0/s1. The van der Waals surface area contributed by atoms with Crippen LogP contribution in [0.1, 0.15) is 51.7 Å². The van der Waals surface area contributed by atoms with Crippen LogP contribution in [0.5, 0.6) is 0 Å². The molecule has 0 aromatic carbocycles. The summed E-state index contributed by atoms with van der Waals surface area (Å²) < 4.78 is 4.94. The van der Waals surface area contributed by atoms with E-state index in [1.807, 2.05) is 0 Å². The van der Waals surface area contributed by atoms with Gasteiger partial charge in [-0.1, -0.05) is 19.0 Å². The van der Waals surface area contributed by atoms with Crippen LogP contribution in [-0.2, 0) is 13.0 Å². The van der Waals surface area contributed by atoms with Gasteiger partial charge in [0.2, 0.25) is 0 Å². The van der Waals surface area contributed by atoms with Crippen molar-refractivity contribution in [3.05, 3.63) is 11.7 Å². The van der Waals surface area contributed by atoms with E-state index in [0.29, 0.717) is 11.7 Å². The third kappa shape index (κ3) is 2.06. The van der Waals surface area contributed by atoms with E-state index in [4.69, 9.17) is 15.4 Å². The molecule has 1 aromatic rings. The zero-order valence-corrected chi connectivity index (χ0v) is 11.4. The summed E-state index contributed by atoms with van der Waals surface area (Å²) in [6.45, 7) is 6.40. The van der Waals surface area contributed by atoms with Crippen LogP contribution in [0.3, 0.4) is 0 Å². The van der Waals surface area contributed by atoms with E-state index in [-0.39, 0.29) is 23.5 Å². The molecule has 0 aliphatic heterocycles. The van der Waals surface area contributed by atoms with Crippen LogP contribution in [-0.4, -0.2) is 20.8 Å². The number of aromatic nitrogens is 2. The van der Waals surface area contributed by atoms with Crippen molar-refractivity contribution in [2.24, 2.45) is 17.1 Å². The van der Waals surface area contributed by atoms with Gasteiger partial charge in [0.25, 0.3) is 5.89 Å². The molecule has 1 saturated carbocycles. The SMILES string of the molecule is CCC1(C)[C@H](Cc2noc(CO)n2)CC[C@]1(C)N. The van der Waals surface area contributed by atoms with Crippen LogP contribution < -0.4 is 5.73 Å². The minimum absolute atomic E-state index is 0.104. The Morgan fingerprint density at radius 3 is 2.78 bits per heavy atom. The quantitative estimate of drug-likeness (QED) is 0.852. The molecule has 1 aromatic heterocycles. The summed E-state index contributed by atoms with van der Waals surface area (Å²) in [6.07, 6.45) is 3.96. The fourth-order valence-corrected chi connectivity index (χ4v) is 3.22. The second-order valence-electron chi connectivity index (χ2n) is 5.89. The number of aliphatic hydroxyl groups excluding tert-OH is 1. The van der Waals surface area contributed by atoms with Gasteiger partial charge in [0.05, 0.1) is 0 Å². The van der Waals surface area contributed by atoms with Gasteiger partial charge in [-0.05, 0) is 37.5 Å². The summed E-state index contributed by atoms with van der Waals surface area (Å²) in [7, 11) is 0. The molecule has 3 atom stereocenters. The van der Waals surface area contributed by atoms with Crippen molar-refractivity contribution < 1.29 is 9.63 Å². The second kappa shape index (κ2) is 4.63. The Hall–Kier alpha value is -0.940. The number of rotatable bonds is 4. The molecule has 1 unspecified atom stereocenters. The van der Waals surface area contributed by atoms with Crippen LogP contribution >= 0.6 is 0 Å². The van der Waals surface area contributed by atoms with Gasteiger partial charge in [0, 0.05) is 12.0 Å². The summed E-state index contributed by atoms with van der Waals surface area (Å²) in [6, 6.07) is 0. The Bertz CT molecular complexity index is 416. The molecule has 0 radical (unpaired) electrons. The summed E-state index contributed by atoms with van der Waals surface area (Å²) >= 11 is 0. The summed E-state index contributed by atoms with van der Waals surface area (Å²) in [5, 5.41) is 12.8. The molecule has 1 heterocycles. The van der Waals surface area contributed by atoms with E-state index in [9.17, 15) is 0 Å². The van der Waals surface area contributed by atoms with Gasteiger partial charge in [-0.2, -0.15) is 4.98 Å². The highest BCUT2D eigenvalue weighted by atomic mass is 16.5. The molecule has 18 heavy (non-hydrogen) atoms. The van der Waals surface area contributed by atoms with E-state index >= 15 is 0 Å². The number of nitrogens with zero attached hydrogens (tertiary/aromatic N) is 2. The molecule has 1 aliphatic rings. The van der Waals surface area contributed by atoms with Gasteiger partial charge in [0.15, 0.2) is 5.82 Å². The third-order valence-electron chi connectivity index (χ3n) is 5.03. The minimum Gasteiger partial charge on any atom is -0.387 e. The molecule has 1 fully saturated rings. The zero-order chi connectivity index (χ0) is 13.4. The Morgan fingerprint density at radius 2 is 2.22 bits per heavy atom. The lowest BCUT2D eigenvalue weighted by Crippen LogP contribution is -2.49. The molecule has 3 N–H and O–H groups in total. The first kappa shape index (κ1) is 13.5. The van der Waals surface area contributed by atoms with Crippen LogP contribution in [0.15, 0.2) is 4.52 Å². The van der Waals surface area contributed by atoms with Gasteiger partial charge in [-0.25, -0.2) is 0 Å². The van der Waals surface area contributed by atoms with E-state index in [2.05, 4.69) is 30.9 Å². The first-order chi connectivity index (χ1) is 8.43. The lowest BCUT2D eigenvalue weighted by atomic mass is 9.67. The van der Waals surface area contributed by atoms with E-state index in [1.165, 1.54) is 0 Å². The Morgan fingerprint density at radius 1 is 1.50 bits per heavy atom. The van der Waals surface area contributed by atoms with Crippen LogP contribution in [0.4, 0.5) is 0 Å². The largest absolute Gasteiger partial charge is 0.387 e. The van der Waals surface area contributed by atoms with E-state index < -0.39 is 0 Å². The zero-order valence-electron chi connectivity index (χ0n) is 11.4. The normalized spacial score (nSPS) is 36.2. The highest BCUT2D eigenvalue weighted by molar-refractivity contribution is 5.08. The van der Waals surface area contributed by atoms with Crippen molar-refractivity contribution in [1.29, 1.82) is 0 Å². The summed E-state index contributed by atoms with van der Waals surface area (Å²) in [5.74, 6) is 1.44. The molecule has 0 spiro atoms. The minimum atomic E-state index is -0.197. The highest BCUT2D eigenvalue weighted by Crippen LogP contribution is 2.52. The fraction of sp³-hybridized carbons (Fsp3) is 0.846. The average molecular weight is 253 g/mol. The Kier molecular flexibility index (Phi) is 3.47. The third-order valence-corrected chi connectivity index (χ3v) is 5.03. The molecule has 5 heteroatoms. The van der Waals surface area contributed by atoms with Crippen molar-refractivity contribution in [2.75, 3.05) is 0 Å².